The van der Waals surface area contributed by atoms with Gasteiger partial charge in [0.25, 0.3) is 0 Å². The summed E-state index contributed by atoms with van der Waals surface area (Å²) in [5.74, 6) is 2.14. The summed E-state index contributed by atoms with van der Waals surface area (Å²) in [6, 6.07) is 7.09. The molecule has 1 aromatic carbocycles. The fourth-order valence-electron chi connectivity index (χ4n) is 5.90. The fourth-order valence-corrected chi connectivity index (χ4v) is 5.90. The first-order chi connectivity index (χ1) is 15.6. The molecule has 0 N–H and O–H groups in total. The normalized spacial score (nSPS) is 29.2. The average molecular weight is 443 g/mol. The predicted octanol–water partition coefficient (Wildman–Crippen LogP) is 6.09. The smallest absolute Gasteiger partial charge is 0.338 e. The van der Waals surface area contributed by atoms with Crippen LogP contribution >= 0.6 is 0 Å². The molecule has 0 heterocycles. The molecule has 0 aliphatic heterocycles. The van der Waals surface area contributed by atoms with Gasteiger partial charge in [-0.2, -0.15) is 0 Å². The van der Waals surface area contributed by atoms with Crippen molar-refractivity contribution in [3.05, 3.63) is 29.8 Å². The molecule has 5 heteroatoms. The first-order valence-corrected chi connectivity index (χ1v) is 12.7. The lowest BCUT2D eigenvalue weighted by Crippen LogP contribution is -2.33. The third-order valence-electron chi connectivity index (χ3n) is 7.93. The number of carbonyl (C=O) groups excluding carboxylic acids is 2. The molecule has 32 heavy (non-hydrogen) atoms. The zero-order chi connectivity index (χ0) is 22.3. The SMILES string of the molecule is COc1ccc(C(=O)OC2CCC(C3CCC(OC(=O)C4CCCCC4)CC3)CC2)cc1. The zero-order valence-electron chi connectivity index (χ0n) is 19.4. The number of benzene rings is 1. The van der Waals surface area contributed by atoms with Gasteiger partial charge in [-0.3, -0.25) is 4.79 Å². The molecule has 0 bridgehead atoms. The largest absolute Gasteiger partial charge is 0.497 e. The molecule has 0 atom stereocenters. The summed E-state index contributed by atoms with van der Waals surface area (Å²) in [4.78, 5) is 24.9. The van der Waals surface area contributed by atoms with Crippen LogP contribution in [0.4, 0.5) is 0 Å². The summed E-state index contributed by atoms with van der Waals surface area (Å²) < 4.78 is 16.8. The van der Waals surface area contributed by atoms with Crippen molar-refractivity contribution in [1.82, 2.24) is 0 Å². The molecule has 3 aliphatic carbocycles. The summed E-state index contributed by atoms with van der Waals surface area (Å²) in [7, 11) is 1.61. The summed E-state index contributed by atoms with van der Waals surface area (Å²) in [6.07, 6.45) is 14.3. The third kappa shape index (κ3) is 6.05. The first-order valence-electron chi connectivity index (χ1n) is 12.7. The minimum atomic E-state index is -0.239. The summed E-state index contributed by atoms with van der Waals surface area (Å²) in [5, 5.41) is 0. The monoisotopic (exact) mass is 442 g/mol. The molecule has 0 saturated heterocycles. The molecule has 0 unspecified atom stereocenters. The van der Waals surface area contributed by atoms with E-state index in [1.54, 1.807) is 31.4 Å². The van der Waals surface area contributed by atoms with Crippen molar-refractivity contribution in [2.24, 2.45) is 17.8 Å². The van der Waals surface area contributed by atoms with Crippen LogP contribution in [0, 0.1) is 17.8 Å². The van der Waals surface area contributed by atoms with E-state index < -0.39 is 0 Å². The number of rotatable bonds is 6. The van der Waals surface area contributed by atoms with Crippen LogP contribution in [-0.2, 0) is 14.3 Å². The van der Waals surface area contributed by atoms with Crippen molar-refractivity contribution in [3.8, 4) is 5.75 Å². The average Bonchev–Trinajstić information content (AvgIpc) is 2.85. The minimum Gasteiger partial charge on any atom is -0.497 e. The second kappa shape index (κ2) is 11.2. The Bertz CT molecular complexity index is 736. The molecule has 0 aromatic heterocycles. The molecule has 4 rings (SSSR count). The van der Waals surface area contributed by atoms with Crippen molar-refractivity contribution < 1.29 is 23.8 Å². The molecule has 3 aliphatic rings. The Morgan fingerprint density at radius 3 is 1.75 bits per heavy atom. The van der Waals surface area contributed by atoms with Crippen LogP contribution in [0.15, 0.2) is 24.3 Å². The highest BCUT2D eigenvalue weighted by atomic mass is 16.5. The van der Waals surface area contributed by atoms with Gasteiger partial charge in [0.2, 0.25) is 0 Å². The van der Waals surface area contributed by atoms with Gasteiger partial charge in [-0.1, -0.05) is 19.3 Å². The highest BCUT2D eigenvalue weighted by Crippen LogP contribution is 2.40. The van der Waals surface area contributed by atoms with E-state index >= 15 is 0 Å². The molecule has 176 valence electrons. The van der Waals surface area contributed by atoms with Crippen molar-refractivity contribution in [1.29, 1.82) is 0 Å². The van der Waals surface area contributed by atoms with Crippen molar-refractivity contribution in [2.75, 3.05) is 7.11 Å². The van der Waals surface area contributed by atoms with Gasteiger partial charge in [0.15, 0.2) is 0 Å². The van der Waals surface area contributed by atoms with Crippen molar-refractivity contribution >= 4 is 11.9 Å². The molecule has 0 radical (unpaired) electrons. The van der Waals surface area contributed by atoms with Gasteiger partial charge in [-0.25, -0.2) is 4.79 Å². The Morgan fingerprint density at radius 1 is 0.688 bits per heavy atom. The Kier molecular flexibility index (Phi) is 8.10. The molecular formula is C27H38O5. The van der Waals surface area contributed by atoms with Crippen LogP contribution in [0.2, 0.25) is 0 Å². The standard InChI is InChI=1S/C27H38O5/c1-30-23-13-11-22(12-14-23)27(29)32-25-17-9-20(10-18-25)19-7-15-24(16-8-19)31-26(28)21-5-3-2-4-6-21/h11-14,19-21,24-25H,2-10,15-18H2,1H3. The lowest BCUT2D eigenvalue weighted by molar-refractivity contribution is -0.157. The third-order valence-corrected chi connectivity index (χ3v) is 7.93. The maximum absolute atomic E-state index is 12.4. The van der Waals surface area contributed by atoms with E-state index in [-0.39, 0.29) is 30.1 Å². The summed E-state index contributed by atoms with van der Waals surface area (Å²) >= 11 is 0. The molecule has 1 aromatic rings. The van der Waals surface area contributed by atoms with E-state index in [0.29, 0.717) is 11.5 Å². The topological polar surface area (TPSA) is 61.8 Å². The number of hydrogen-bond acceptors (Lipinski definition) is 5. The highest BCUT2D eigenvalue weighted by Gasteiger charge is 2.34. The quantitative estimate of drug-likeness (QED) is 0.499. The van der Waals surface area contributed by atoms with Crippen molar-refractivity contribution in [2.45, 2.75) is 95.7 Å². The predicted molar refractivity (Wildman–Crippen MR) is 123 cm³/mol. The van der Waals surface area contributed by atoms with Crippen LogP contribution in [0.5, 0.6) is 5.75 Å². The van der Waals surface area contributed by atoms with Gasteiger partial charge in [-0.15, -0.1) is 0 Å². The number of ether oxygens (including phenoxy) is 3. The lowest BCUT2D eigenvalue weighted by atomic mass is 9.72. The van der Waals surface area contributed by atoms with E-state index in [4.69, 9.17) is 14.2 Å². The van der Waals surface area contributed by atoms with Crippen LogP contribution in [-0.4, -0.2) is 31.3 Å². The molecule has 5 nitrogen and oxygen atoms in total. The second-order valence-electron chi connectivity index (χ2n) is 9.98. The summed E-state index contributed by atoms with van der Waals surface area (Å²) in [5.41, 5.74) is 0.578. The number of methoxy groups -OCH3 is 1. The van der Waals surface area contributed by atoms with E-state index in [2.05, 4.69) is 0 Å². The van der Waals surface area contributed by atoms with E-state index in [1.807, 2.05) is 0 Å². The minimum absolute atomic E-state index is 0.0219. The van der Waals surface area contributed by atoms with Gasteiger partial charge >= 0.3 is 11.9 Å². The van der Waals surface area contributed by atoms with Gasteiger partial charge in [0, 0.05) is 0 Å². The number of carbonyl (C=O) groups is 2. The van der Waals surface area contributed by atoms with E-state index in [0.717, 1.165) is 75.9 Å². The van der Waals surface area contributed by atoms with E-state index in [9.17, 15) is 9.59 Å². The van der Waals surface area contributed by atoms with Crippen LogP contribution in [0.1, 0.15) is 93.8 Å². The van der Waals surface area contributed by atoms with E-state index in [1.165, 1.54) is 19.3 Å². The lowest BCUT2D eigenvalue weighted by Gasteiger charge is -2.37. The van der Waals surface area contributed by atoms with Crippen LogP contribution in [0.3, 0.4) is 0 Å². The van der Waals surface area contributed by atoms with Gasteiger partial charge in [0.1, 0.15) is 18.0 Å². The molecule has 3 fully saturated rings. The Labute approximate surface area is 192 Å². The molecule has 0 spiro atoms. The highest BCUT2D eigenvalue weighted by molar-refractivity contribution is 5.89. The van der Waals surface area contributed by atoms with Crippen molar-refractivity contribution in [3.63, 3.8) is 0 Å². The first kappa shape index (κ1) is 23.1. The number of hydrogen-bond donors (Lipinski definition) is 0. The maximum Gasteiger partial charge on any atom is 0.338 e. The van der Waals surface area contributed by atoms with Crippen LogP contribution < -0.4 is 4.74 Å². The molecule has 3 saturated carbocycles. The maximum atomic E-state index is 12.4. The van der Waals surface area contributed by atoms with Gasteiger partial charge in [0.05, 0.1) is 18.6 Å². The molecule has 0 amide bonds. The zero-order valence-corrected chi connectivity index (χ0v) is 19.4. The Hall–Kier alpha value is -2.04. The molecular weight excluding hydrogens is 404 g/mol. The van der Waals surface area contributed by atoms with Gasteiger partial charge in [-0.05, 0) is 100 Å². The summed E-state index contributed by atoms with van der Waals surface area (Å²) in [6.45, 7) is 0. The second-order valence-corrected chi connectivity index (χ2v) is 9.98. The Balaban J connectivity index is 1.16. The van der Waals surface area contributed by atoms with Gasteiger partial charge < -0.3 is 14.2 Å². The Morgan fingerprint density at radius 2 is 1.22 bits per heavy atom. The van der Waals surface area contributed by atoms with Crippen LogP contribution in [0.25, 0.3) is 0 Å². The fraction of sp³-hybridized carbons (Fsp3) is 0.704. The number of esters is 2.